The van der Waals surface area contributed by atoms with E-state index in [4.69, 9.17) is 14.2 Å². The van der Waals surface area contributed by atoms with Crippen LogP contribution < -0.4 is 0 Å². The van der Waals surface area contributed by atoms with Crippen molar-refractivity contribution in [2.24, 2.45) is 5.92 Å². The van der Waals surface area contributed by atoms with E-state index in [9.17, 15) is 0 Å². The predicted octanol–water partition coefficient (Wildman–Crippen LogP) is 1.38. The molecule has 0 atom stereocenters. The lowest BCUT2D eigenvalue weighted by Gasteiger charge is -2.38. The Morgan fingerprint density at radius 1 is 1.27 bits per heavy atom. The Bertz CT molecular complexity index is 117. The first-order valence-corrected chi connectivity index (χ1v) is 4.04. The van der Waals surface area contributed by atoms with Crippen LogP contribution in [0.5, 0.6) is 0 Å². The molecule has 0 bridgehead atoms. The van der Waals surface area contributed by atoms with E-state index in [0.29, 0.717) is 0 Å². The molecule has 66 valence electrons. The van der Waals surface area contributed by atoms with Crippen molar-refractivity contribution >= 4 is 0 Å². The highest BCUT2D eigenvalue weighted by Gasteiger charge is 2.38. The van der Waals surface area contributed by atoms with Crippen LogP contribution in [0.2, 0.25) is 0 Å². The van der Waals surface area contributed by atoms with Gasteiger partial charge < -0.3 is 14.2 Å². The molecule has 1 aliphatic heterocycles. The molecule has 0 amide bonds. The first-order chi connectivity index (χ1) is 5.21. The Morgan fingerprint density at radius 2 is 1.82 bits per heavy atom. The largest absolute Gasteiger partial charge is 0.331 e. The van der Waals surface area contributed by atoms with E-state index in [1.807, 2.05) is 13.8 Å². The van der Waals surface area contributed by atoms with Crippen LogP contribution in [0.15, 0.2) is 0 Å². The van der Waals surface area contributed by atoms with Gasteiger partial charge in [-0.2, -0.15) is 0 Å². The van der Waals surface area contributed by atoms with E-state index in [0.717, 1.165) is 19.6 Å². The zero-order chi connectivity index (χ0) is 8.32. The lowest BCUT2D eigenvalue weighted by atomic mass is 10.1. The molecule has 0 radical (unpaired) electrons. The van der Waals surface area contributed by atoms with Gasteiger partial charge in [-0.25, -0.2) is 0 Å². The molecule has 3 heteroatoms. The molecule has 0 aromatic rings. The third-order valence-electron chi connectivity index (χ3n) is 1.89. The Labute approximate surface area is 67.6 Å². The van der Waals surface area contributed by atoms with E-state index < -0.39 is 5.97 Å². The van der Waals surface area contributed by atoms with Crippen LogP contribution in [0.3, 0.4) is 0 Å². The van der Waals surface area contributed by atoms with Crippen molar-refractivity contribution in [3.05, 3.63) is 0 Å². The van der Waals surface area contributed by atoms with Gasteiger partial charge in [0.25, 0.3) is 5.97 Å². The van der Waals surface area contributed by atoms with Crippen molar-refractivity contribution in [1.29, 1.82) is 0 Å². The zero-order valence-corrected chi connectivity index (χ0v) is 7.42. The third-order valence-corrected chi connectivity index (χ3v) is 1.89. The highest BCUT2D eigenvalue weighted by atomic mass is 16.9. The van der Waals surface area contributed by atoms with Gasteiger partial charge in [-0.1, -0.05) is 13.8 Å². The van der Waals surface area contributed by atoms with Gasteiger partial charge in [0.1, 0.15) is 0 Å². The van der Waals surface area contributed by atoms with Gasteiger partial charge in [0.2, 0.25) is 0 Å². The van der Waals surface area contributed by atoms with Crippen LogP contribution in [0, 0.1) is 5.92 Å². The van der Waals surface area contributed by atoms with Crippen molar-refractivity contribution in [2.75, 3.05) is 20.3 Å². The van der Waals surface area contributed by atoms with E-state index in [-0.39, 0.29) is 5.92 Å². The van der Waals surface area contributed by atoms with Crippen LogP contribution in [0.1, 0.15) is 20.3 Å². The zero-order valence-electron chi connectivity index (χ0n) is 7.42. The molecule has 0 saturated carbocycles. The summed E-state index contributed by atoms with van der Waals surface area (Å²) in [6.07, 6.45) is 0.956. The molecule has 1 saturated heterocycles. The molecule has 0 aliphatic carbocycles. The number of rotatable bonds is 2. The molecule has 1 aliphatic rings. The summed E-state index contributed by atoms with van der Waals surface area (Å²) in [5.74, 6) is -0.550. The van der Waals surface area contributed by atoms with Gasteiger partial charge in [-0.15, -0.1) is 0 Å². The number of hydrogen-bond acceptors (Lipinski definition) is 3. The van der Waals surface area contributed by atoms with Crippen LogP contribution >= 0.6 is 0 Å². The Balaban J connectivity index is 2.57. The SMILES string of the molecule is COC1(C(C)C)OCCCO1. The summed E-state index contributed by atoms with van der Waals surface area (Å²) in [7, 11) is 1.62. The Kier molecular flexibility index (Phi) is 2.87. The van der Waals surface area contributed by atoms with Gasteiger partial charge >= 0.3 is 0 Å². The van der Waals surface area contributed by atoms with Crippen molar-refractivity contribution in [1.82, 2.24) is 0 Å². The van der Waals surface area contributed by atoms with Gasteiger partial charge in [0.05, 0.1) is 13.2 Å². The second-order valence-corrected chi connectivity index (χ2v) is 3.01. The molecule has 1 rings (SSSR count). The fourth-order valence-corrected chi connectivity index (χ4v) is 1.22. The van der Waals surface area contributed by atoms with Gasteiger partial charge in [0, 0.05) is 13.0 Å². The van der Waals surface area contributed by atoms with Crippen LogP contribution in [-0.4, -0.2) is 26.3 Å². The number of ether oxygens (including phenoxy) is 3. The quantitative estimate of drug-likeness (QED) is 0.610. The molecule has 0 aromatic heterocycles. The lowest BCUT2D eigenvalue weighted by Crippen LogP contribution is -2.46. The van der Waals surface area contributed by atoms with Crippen molar-refractivity contribution in [3.63, 3.8) is 0 Å². The van der Waals surface area contributed by atoms with Crippen molar-refractivity contribution in [2.45, 2.75) is 26.2 Å². The highest BCUT2D eigenvalue weighted by Crippen LogP contribution is 2.27. The summed E-state index contributed by atoms with van der Waals surface area (Å²) in [6.45, 7) is 5.50. The monoisotopic (exact) mass is 160 g/mol. The first-order valence-electron chi connectivity index (χ1n) is 4.04. The molecule has 0 N–H and O–H groups in total. The van der Waals surface area contributed by atoms with E-state index in [1.165, 1.54) is 0 Å². The van der Waals surface area contributed by atoms with Gasteiger partial charge in [-0.3, -0.25) is 0 Å². The standard InChI is InChI=1S/C8H16O3/c1-7(2)8(9-3)10-5-4-6-11-8/h7H,4-6H2,1-3H3. The predicted molar refractivity (Wildman–Crippen MR) is 41.1 cm³/mol. The summed E-state index contributed by atoms with van der Waals surface area (Å²) >= 11 is 0. The maximum Gasteiger partial charge on any atom is 0.285 e. The molecular formula is C8H16O3. The molecule has 3 nitrogen and oxygen atoms in total. The summed E-state index contributed by atoms with van der Waals surface area (Å²) in [6, 6.07) is 0. The van der Waals surface area contributed by atoms with E-state index >= 15 is 0 Å². The molecule has 1 fully saturated rings. The average molecular weight is 160 g/mol. The molecular weight excluding hydrogens is 144 g/mol. The topological polar surface area (TPSA) is 27.7 Å². The number of methoxy groups -OCH3 is 1. The summed E-state index contributed by atoms with van der Waals surface area (Å²) in [4.78, 5) is 0. The van der Waals surface area contributed by atoms with Crippen LogP contribution in [0.4, 0.5) is 0 Å². The minimum atomic E-state index is -0.780. The molecule has 11 heavy (non-hydrogen) atoms. The second-order valence-electron chi connectivity index (χ2n) is 3.01. The molecule has 0 spiro atoms. The van der Waals surface area contributed by atoms with E-state index in [2.05, 4.69) is 0 Å². The molecule has 0 unspecified atom stereocenters. The smallest absolute Gasteiger partial charge is 0.285 e. The van der Waals surface area contributed by atoms with Gasteiger partial charge in [-0.05, 0) is 6.42 Å². The fourth-order valence-electron chi connectivity index (χ4n) is 1.22. The van der Waals surface area contributed by atoms with E-state index in [1.54, 1.807) is 7.11 Å². The van der Waals surface area contributed by atoms with Crippen molar-refractivity contribution in [3.8, 4) is 0 Å². The number of hydrogen-bond donors (Lipinski definition) is 0. The lowest BCUT2D eigenvalue weighted by molar-refractivity contribution is -0.410. The first kappa shape index (κ1) is 8.97. The maximum atomic E-state index is 5.43. The Hall–Kier alpha value is -0.120. The summed E-state index contributed by atoms with van der Waals surface area (Å²) < 4.78 is 16.1. The Morgan fingerprint density at radius 3 is 2.09 bits per heavy atom. The molecule has 0 aromatic carbocycles. The van der Waals surface area contributed by atoms with Crippen LogP contribution in [-0.2, 0) is 14.2 Å². The molecule has 1 heterocycles. The fraction of sp³-hybridized carbons (Fsp3) is 1.00. The minimum Gasteiger partial charge on any atom is -0.331 e. The average Bonchev–Trinajstić information content (AvgIpc) is 2.05. The van der Waals surface area contributed by atoms with Gasteiger partial charge in [0.15, 0.2) is 0 Å². The normalized spacial score (nSPS) is 24.0. The van der Waals surface area contributed by atoms with Crippen molar-refractivity contribution < 1.29 is 14.2 Å². The van der Waals surface area contributed by atoms with Crippen LogP contribution in [0.25, 0.3) is 0 Å². The summed E-state index contributed by atoms with van der Waals surface area (Å²) in [5, 5.41) is 0. The maximum absolute atomic E-state index is 5.43. The second kappa shape index (κ2) is 3.52. The highest BCUT2D eigenvalue weighted by molar-refractivity contribution is 4.65. The summed E-state index contributed by atoms with van der Waals surface area (Å²) in [5.41, 5.74) is 0. The minimum absolute atomic E-state index is 0.229. The third kappa shape index (κ3) is 1.72.